The summed E-state index contributed by atoms with van der Waals surface area (Å²) in [4.78, 5) is 16.7. The number of carboxylic acid groups (broad SMARTS) is 1. The minimum Gasteiger partial charge on any atom is -0.480 e. The number of nitrogens with zero attached hydrogens (tertiary/aromatic N) is 3. The number of anilines is 1. The molecule has 0 radical (unpaired) electrons. The maximum absolute atomic E-state index is 10.8. The van der Waals surface area contributed by atoms with Gasteiger partial charge in [-0.25, -0.2) is 4.98 Å². The number of nitriles is 1. The summed E-state index contributed by atoms with van der Waals surface area (Å²) in [7, 11) is 0. The van der Waals surface area contributed by atoms with Gasteiger partial charge in [0.25, 0.3) is 0 Å². The highest BCUT2D eigenvalue weighted by Gasteiger charge is 2.16. The highest BCUT2D eigenvalue weighted by molar-refractivity contribution is 5.73. The third kappa shape index (κ3) is 3.45. The Bertz CT molecular complexity index is 463. The van der Waals surface area contributed by atoms with Crippen molar-refractivity contribution >= 4 is 11.8 Å². The molecule has 0 aromatic carbocycles. The van der Waals surface area contributed by atoms with Crippen molar-refractivity contribution in [3.63, 3.8) is 0 Å². The summed E-state index contributed by atoms with van der Waals surface area (Å²) in [5.41, 5.74) is 1.19. The number of pyridine rings is 1. The lowest BCUT2D eigenvalue weighted by Crippen LogP contribution is -2.36. The standard InChI is InChI=1S/C12H15N3O2/c1-8(2)15(7-12(16)17)11-5-10(6-13)4-9(3)14-11/h4-5,8H,7H2,1-3H3,(H,16,17). The second-order valence-electron chi connectivity index (χ2n) is 4.08. The summed E-state index contributed by atoms with van der Waals surface area (Å²) in [6, 6.07) is 5.32. The first-order valence-electron chi connectivity index (χ1n) is 5.31. The number of carboxylic acids is 1. The highest BCUT2D eigenvalue weighted by atomic mass is 16.4. The van der Waals surface area contributed by atoms with Crippen LogP contribution in [0.3, 0.4) is 0 Å². The first kappa shape index (κ1) is 13.0. The van der Waals surface area contributed by atoms with Gasteiger partial charge in [-0.05, 0) is 32.9 Å². The fourth-order valence-electron chi connectivity index (χ4n) is 1.54. The van der Waals surface area contributed by atoms with Crippen LogP contribution in [0.2, 0.25) is 0 Å². The quantitative estimate of drug-likeness (QED) is 0.853. The summed E-state index contributed by atoms with van der Waals surface area (Å²) < 4.78 is 0. The number of aliphatic carboxylic acids is 1. The molecule has 0 atom stereocenters. The Morgan fingerprint density at radius 1 is 1.59 bits per heavy atom. The van der Waals surface area contributed by atoms with E-state index in [9.17, 15) is 4.79 Å². The van der Waals surface area contributed by atoms with Crippen molar-refractivity contribution in [1.82, 2.24) is 4.98 Å². The van der Waals surface area contributed by atoms with Gasteiger partial charge in [0.05, 0.1) is 11.6 Å². The van der Waals surface area contributed by atoms with E-state index in [4.69, 9.17) is 10.4 Å². The molecule has 0 aliphatic heterocycles. The molecule has 1 aromatic rings. The summed E-state index contributed by atoms with van der Waals surface area (Å²) in [5, 5.41) is 17.7. The highest BCUT2D eigenvalue weighted by Crippen LogP contribution is 2.16. The summed E-state index contributed by atoms with van der Waals surface area (Å²) in [6.45, 7) is 5.43. The molecule has 0 aliphatic carbocycles. The molecule has 0 saturated heterocycles. The zero-order chi connectivity index (χ0) is 13.0. The number of aromatic nitrogens is 1. The Morgan fingerprint density at radius 3 is 2.71 bits per heavy atom. The van der Waals surface area contributed by atoms with Crippen LogP contribution < -0.4 is 4.90 Å². The Kier molecular flexibility index (Phi) is 4.05. The molecule has 0 amide bonds. The lowest BCUT2D eigenvalue weighted by Gasteiger charge is -2.26. The van der Waals surface area contributed by atoms with Crippen LogP contribution in [0.25, 0.3) is 0 Å². The molecule has 0 saturated carbocycles. The molecule has 5 nitrogen and oxygen atoms in total. The number of rotatable bonds is 4. The van der Waals surface area contributed by atoms with Gasteiger partial charge in [-0.1, -0.05) is 0 Å². The van der Waals surface area contributed by atoms with Gasteiger partial charge in [0.1, 0.15) is 12.4 Å². The molecule has 1 N–H and O–H groups in total. The van der Waals surface area contributed by atoms with Crippen LogP contribution in [0.1, 0.15) is 25.1 Å². The van der Waals surface area contributed by atoms with Gasteiger partial charge in [-0.15, -0.1) is 0 Å². The normalized spacial score (nSPS) is 10.1. The van der Waals surface area contributed by atoms with Gasteiger partial charge in [0.15, 0.2) is 0 Å². The molecule has 0 aliphatic rings. The molecule has 1 heterocycles. The van der Waals surface area contributed by atoms with Gasteiger partial charge >= 0.3 is 5.97 Å². The number of aryl methyl sites for hydroxylation is 1. The Morgan fingerprint density at radius 2 is 2.24 bits per heavy atom. The average Bonchev–Trinajstić information content (AvgIpc) is 2.24. The van der Waals surface area contributed by atoms with E-state index in [1.165, 1.54) is 0 Å². The van der Waals surface area contributed by atoms with Crippen LogP contribution in [0.5, 0.6) is 0 Å². The minimum absolute atomic E-state index is 0.00643. The topological polar surface area (TPSA) is 77.2 Å². The first-order valence-corrected chi connectivity index (χ1v) is 5.31. The molecule has 1 rings (SSSR count). The van der Waals surface area contributed by atoms with Crippen molar-refractivity contribution in [2.24, 2.45) is 0 Å². The lowest BCUT2D eigenvalue weighted by molar-refractivity contribution is -0.135. The van der Waals surface area contributed by atoms with Crippen LogP contribution in [-0.4, -0.2) is 28.6 Å². The van der Waals surface area contributed by atoms with Gasteiger partial charge in [-0.3, -0.25) is 4.79 Å². The second-order valence-corrected chi connectivity index (χ2v) is 4.08. The predicted molar refractivity (Wildman–Crippen MR) is 63.8 cm³/mol. The Hall–Kier alpha value is -2.09. The molecular weight excluding hydrogens is 218 g/mol. The van der Waals surface area contributed by atoms with Crippen molar-refractivity contribution in [1.29, 1.82) is 5.26 Å². The van der Waals surface area contributed by atoms with E-state index in [0.29, 0.717) is 17.1 Å². The molecule has 17 heavy (non-hydrogen) atoms. The maximum Gasteiger partial charge on any atom is 0.323 e. The monoisotopic (exact) mass is 233 g/mol. The molecule has 90 valence electrons. The van der Waals surface area contributed by atoms with E-state index in [0.717, 1.165) is 0 Å². The Balaban J connectivity index is 3.14. The zero-order valence-corrected chi connectivity index (χ0v) is 10.1. The first-order chi connectivity index (χ1) is 7.93. The molecule has 5 heteroatoms. The fraction of sp³-hybridized carbons (Fsp3) is 0.417. The van der Waals surface area contributed by atoms with Crippen LogP contribution >= 0.6 is 0 Å². The summed E-state index contributed by atoms with van der Waals surface area (Å²) >= 11 is 0. The van der Waals surface area contributed by atoms with Crippen LogP contribution in [0.4, 0.5) is 5.82 Å². The number of hydrogen-bond donors (Lipinski definition) is 1. The van der Waals surface area contributed by atoms with Gasteiger partial charge in [0.2, 0.25) is 0 Å². The summed E-state index contributed by atoms with van der Waals surface area (Å²) in [5.74, 6) is -0.389. The van der Waals surface area contributed by atoms with Crippen molar-refractivity contribution in [2.75, 3.05) is 11.4 Å². The molecule has 0 fully saturated rings. The predicted octanol–water partition coefficient (Wildman–Crippen LogP) is 1.56. The van der Waals surface area contributed by atoms with Gasteiger partial charge in [-0.2, -0.15) is 5.26 Å². The van der Waals surface area contributed by atoms with Crippen molar-refractivity contribution in [3.05, 3.63) is 23.4 Å². The van der Waals surface area contributed by atoms with Crippen LogP contribution in [-0.2, 0) is 4.79 Å². The van der Waals surface area contributed by atoms with Gasteiger partial charge in [0, 0.05) is 11.7 Å². The average molecular weight is 233 g/mol. The van der Waals surface area contributed by atoms with Crippen LogP contribution in [0, 0.1) is 18.3 Å². The lowest BCUT2D eigenvalue weighted by atomic mass is 10.2. The molecular formula is C12H15N3O2. The van der Waals surface area contributed by atoms with Crippen molar-refractivity contribution < 1.29 is 9.90 Å². The largest absolute Gasteiger partial charge is 0.480 e. The van der Waals surface area contributed by atoms with E-state index in [1.807, 2.05) is 19.9 Å². The van der Waals surface area contributed by atoms with E-state index in [1.54, 1.807) is 24.0 Å². The maximum atomic E-state index is 10.8. The number of hydrogen-bond acceptors (Lipinski definition) is 4. The van der Waals surface area contributed by atoms with E-state index < -0.39 is 5.97 Å². The summed E-state index contributed by atoms with van der Waals surface area (Å²) in [6.07, 6.45) is 0. The van der Waals surface area contributed by atoms with Crippen molar-refractivity contribution in [3.8, 4) is 6.07 Å². The SMILES string of the molecule is Cc1cc(C#N)cc(N(CC(=O)O)C(C)C)n1. The molecule has 1 aromatic heterocycles. The zero-order valence-electron chi connectivity index (χ0n) is 10.1. The van der Waals surface area contributed by atoms with Crippen LogP contribution in [0.15, 0.2) is 12.1 Å². The minimum atomic E-state index is -0.916. The number of carbonyl (C=O) groups is 1. The van der Waals surface area contributed by atoms with E-state index in [-0.39, 0.29) is 12.6 Å². The molecule has 0 bridgehead atoms. The fourth-order valence-corrected chi connectivity index (χ4v) is 1.54. The third-order valence-corrected chi connectivity index (χ3v) is 2.29. The van der Waals surface area contributed by atoms with E-state index >= 15 is 0 Å². The van der Waals surface area contributed by atoms with Crippen molar-refractivity contribution in [2.45, 2.75) is 26.8 Å². The molecule has 0 spiro atoms. The van der Waals surface area contributed by atoms with E-state index in [2.05, 4.69) is 4.98 Å². The second kappa shape index (κ2) is 5.30. The smallest absolute Gasteiger partial charge is 0.323 e. The Labute approximate surface area is 100 Å². The van der Waals surface area contributed by atoms with Gasteiger partial charge < -0.3 is 10.0 Å². The molecule has 0 unspecified atom stereocenters. The third-order valence-electron chi connectivity index (χ3n) is 2.29.